The van der Waals surface area contributed by atoms with Gasteiger partial charge in [-0.2, -0.15) is 0 Å². The van der Waals surface area contributed by atoms with Crippen LogP contribution >= 0.6 is 0 Å². The molecule has 1 N–H and O–H groups in total. The van der Waals surface area contributed by atoms with Crippen LogP contribution in [-0.4, -0.2) is 62.5 Å². The van der Waals surface area contributed by atoms with Gasteiger partial charge in [-0.1, -0.05) is 6.92 Å². The quantitative estimate of drug-likeness (QED) is 0.742. The lowest BCUT2D eigenvalue weighted by molar-refractivity contribution is -0.128. The van der Waals surface area contributed by atoms with Crippen molar-refractivity contribution in [2.24, 2.45) is 5.92 Å². The SMILES string of the molecule is CCN(CCCC(=O)N(C)C)CC1CCCNC1. The van der Waals surface area contributed by atoms with E-state index in [2.05, 4.69) is 17.1 Å². The van der Waals surface area contributed by atoms with Gasteiger partial charge in [-0.15, -0.1) is 0 Å². The van der Waals surface area contributed by atoms with Gasteiger partial charge in [-0.05, 0) is 51.4 Å². The number of piperidine rings is 1. The molecule has 18 heavy (non-hydrogen) atoms. The topological polar surface area (TPSA) is 35.6 Å². The van der Waals surface area contributed by atoms with Crippen LogP contribution in [0.3, 0.4) is 0 Å². The summed E-state index contributed by atoms with van der Waals surface area (Å²) in [7, 11) is 3.65. The molecule has 1 atom stereocenters. The van der Waals surface area contributed by atoms with Gasteiger partial charge in [0.2, 0.25) is 5.91 Å². The Morgan fingerprint density at radius 3 is 2.72 bits per heavy atom. The Morgan fingerprint density at radius 1 is 1.39 bits per heavy atom. The van der Waals surface area contributed by atoms with E-state index in [-0.39, 0.29) is 5.91 Å². The predicted octanol–water partition coefficient (Wildman–Crippen LogP) is 1.18. The highest BCUT2D eigenvalue weighted by atomic mass is 16.2. The Morgan fingerprint density at radius 2 is 2.17 bits per heavy atom. The molecule has 1 amide bonds. The van der Waals surface area contributed by atoms with E-state index in [1.165, 1.54) is 25.9 Å². The molecule has 0 radical (unpaired) electrons. The summed E-state index contributed by atoms with van der Waals surface area (Å²) in [5.74, 6) is 1.04. The Bertz CT molecular complexity index is 237. The first-order valence-corrected chi connectivity index (χ1v) is 7.26. The van der Waals surface area contributed by atoms with Crippen molar-refractivity contribution < 1.29 is 4.79 Å². The molecule has 0 aromatic rings. The minimum absolute atomic E-state index is 0.241. The molecule has 1 heterocycles. The molecule has 1 rings (SSSR count). The van der Waals surface area contributed by atoms with Crippen LogP contribution in [0.2, 0.25) is 0 Å². The van der Waals surface area contributed by atoms with Gasteiger partial charge in [0.25, 0.3) is 0 Å². The summed E-state index contributed by atoms with van der Waals surface area (Å²) < 4.78 is 0. The first-order chi connectivity index (χ1) is 8.63. The predicted molar refractivity (Wildman–Crippen MR) is 75.6 cm³/mol. The molecule has 106 valence electrons. The van der Waals surface area contributed by atoms with Gasteiger partial charge < -0.3 is 15.1 Å². The second kappa shape index (κ2) is 8.48. The summed E-state index contributed by atoms with van der Waals surface area (Å²) in [5.41, 5.74) is 0. The fourth-order valence-electron chi connectivity index (χ4n) is 2.50. The lowest BCUT2D eigenvalue weighted by atomic mass is 9.99. The van der Waals surface area contributed by atoms with E-state index < -0.39 is 0 Å². The monoisotopic (exact) mass is 255 g/mol. The van der Waals surface area contributed by atoms with Crippen molar-refractivity contribution in [2.45, 2.75) is 32.6 Å². The van der Waals surface area contributed by atoms with E-state index in [9.17, 15) is 4.79 Å². The highest BCUT2D eigenvalue weighted by Crippen LogP contribution is 2.12. The van der Waals surface area contributed by atoms with E-state index in [0.717, 1.165) is 32.0 Å². The lowest BCUT2D eigenvalue weighted by Crippen LogP contribution is -2.38. The highest BCUT2D eigenvalue weighted by Gasteiger charge is 2.16. The molecule has 0 saturated carbocycles. The van der Waals surface area contributed by atoms with Crippen molar-refractivity contribution in [2.75, 3.05) is 46.8 Å². The molecule has 0 aromatic carbocycles. The Hall–Kier alpha value is -0.610. The molecule has 1 unspecified atom stereocenters. The van der Waals surface area contributed by atoms with E-state index in [1.54, 1.807) is 4.90 Å². The summed E-state index contributed by atoms with van der Waals surface area (Å²) >= 11 is 0. The molecule has 0 bridgehead atoms. The van der Waals surface area contributed by atoms with Gasteiger partial charge in [0.05, 0.1) is 0 Å². The standard InChI is InChI=1S/C14H29N3O/c1-4-17(10-6-8-14(18)16(2)3)12-13-7-5-9-15-11-13/h13,15H,4-12H2,1-3H3. The maximum atomic E-state index is 11.5. The summed E-state index contributed by atoms with van der Waals surface area (Å²) in [6.45, 7) is 7.87. The van der Waals surface area contributed by atoms with Crippen molar-refractivity contribution in [1.82, 2.24) is 15.1 Å². The molecule has 1 aliphatic rings. The van der Waals surface area contributed by atoms with Gasteiger partial charge in [0.1, 0.15) is 0 Å². The number of carbonyl (C=O) groups is 1. The summed E-state index contributed by atoms with van der Waals surface area (Å²) in [6.07, 6.45) is 4.30. The summed E-state index contributed by atoms with van der Waals surface area (Å²) in [5, 5.41) is 3.47. The van der Waals surface area contributed by atoms with Crippen LogP contribution in [0.4, 0.5) is 0 Å². The van der Waals surface area contributed by atoms with Crippen molar-refractivity contribution in [3.05, 3.63) is 0 Å². The third-order valence-corrected chi connectivity index (χ3v) is 3.73. The lowest BCUT2D eigenvalue weighted by Gasteiger charge is -2.29. The molecular formula is C14H29N3O. The van der Waals surface area contributed by atoms with Crippen molar-refractivity contribution >= 4 is 5.91 Å². The average Bonchev–Trinajstić information content (AvgIpc) is 2.38. The minimum Gasteiger partial charge on any atom is -0.349 e. The summed E-state index contributed by atoms with van der Waals surface area (Å²) in [6, 6.07) is 0. The van der Waals surface area contributed by atoms with Crippen LogP contribution in [0.15, 0.2) is 0 Å². The van der Waals surface area contributed by atoms with Gasteiger partial charge in [0, 0.05) is 27.1 Å². The van der Waals surface area contributed by atoms with Gasteiger partial charge in [-0.3, -0.25) is 4.79 Å². The molecular weight excluding hydrogens is 226 g/mol. The zero-order valence-corrected chi connectivity index (χ0v) is 12.2. The Kier molecular flexibility index (Phi) is 7.28. The van der Waals surface area contributed by atoms with Crippen LogP contribution in [0, 0.1) is 5.92 Å². The van der Waals surface area contributed by atoms with Crippen LogP contribution in [0.5, 0.6) is 0 Å². The van der Waals surface area contributed by atoms with Gasteiger partial charge in [0.15, 0.2) is 0 Å². The molecule has 0 aliphatic carbocycles. The molecule has 1 fully saturated rings. The first kappa shape index (κ1) is 15.4. The van der Waals surface area contributed by atoms with Crippen molar-refractivity contribution in [1.29, 1.82) is 0 Å². The van der Waals surface area contributed by atoms with E-state index >= 15 is 0 Å². The second-order valence-corrected chi connectivity index (χ2v) is 5.50. The number of nitrogens with one attached hydrogen (secondary N) is 1. The smallest absolute Gasteiger partial charge is 0.222 e. The highest BCUT2D eigenvalue weighted by molar-refractivity contribution is 5.75. The zero-order chi connectivity index (χ0) is 13.4. The third-order valence-electron chi connectivity index (χ3n) is 3.73. The maximum Gasteiger partial charge on any atom is 0.222 e. The molecule has 1 saturated heterocycles. The number of rotatable bonds is 7. The minimum atomic E-state index is 0.241. The molecule has 1 aliphatic heterocycles. The number of amides is 1. The van der Waals surface area contributed by atoms with Gasteiger partial charge >= 0.3 is 0 Å². The number of hydrogen-bond donors (Lipinski definition) is 1. The Labute approximate surface area is 112 Å². The van der Waals surface area contributed by atoms with Crippen molar-refractivity contribution in [3.63, 3.8) is 0 Å². The van der Waals surface area contributed by atoms with E-state index in [1.807, 2.05) is 14.1 Å². The molecule has 4 heteroatoms. The largest absolute Gasteiger partial charge is 0.349 e. The van der Waals surface area contributed by atoms with Crippen LogP contribution < -0.4 is 5.32 Å². The van der Waals surface area contributed by atoms with Crippen LogP contribution in [0.25, 0.3) is 0 Å². The molecule has 0 aromatic heterocycles. The zero-order valence-electron chi connectivity index (χ0n) is 12.2. The fraction of sp³-hybridized carbons (Fsp3) is 0.929. The van der Waals surface area contributed by atoms with Crippen LogP contribution in [-0.2, 0) is 4.79 Å². The third kappa shape index (κ3) is 5.83. The number of hydrogen-bond acceptors (Lipinski definition) is 3. The molecule has 4 nitrogen and oxygen atoms in total. The Balaban J connectivity index is 2.18. The summed E-state index contributed by atoms with van der Waals surface area (Å²) in [4.78, 5) is 15.7. The fourth-order valence-corrected chi connectivity index (χ4v) is 2.50. The second-order valence-electron chi connectivity index (χ2n) is 5.50. The first-order valence-electron chi connectivity index (χ1n) is 7.26. The number of nitrogens with zero attached hydrogens (tertiary/aromatic N) is 2. The average molecular weight is 255 g/mol. The van der Waals surface area contributed by atoms with Crippen LogP contribution in [0.1, 0.15) is 32.6 Å². The van der Waals surface area contributed by atoms with Crippen molar-refractivity contribution in [3.8, 4) is 0 Å². The van der Waals surface area contributed by atoms with E-state index in [0.29, 0.717) is 6.42 Å². The molecule has 0 spiro atoms. The maximum absolute atomic E-state index is 11.5. The van der Waals surface area contributed by atoms with Gasteiger partial charge in [-0.25, -0.2) is 0 Å². The normalized spacial score (nSPS) is 20.1. The van der Waals surface area contributed by atoms with E-state index in [4.69, 9.17) is 0 Å². The number of carbonyl (C=O) groups excluding carboxylic acids is 1.